The lowest BCUT2D eigenvalue weighted by molar-refractivity contribution is -0.117. The third-order valence-electron chi connectivity index (χ3n) is 2.95. The Kier molecular flexibility index (Phi) is 6.54. The van der Waals surface area contributed by atoms with Crippen LogP contribution in [0.15, 0.2) is 18.2 Å². The summed E-state index contributed by atoms with van der Waals surface area (Å²) in [6.45, 7) is 1.87. The molecule has 6 heteroatoms. The van der Waals surface area contributed by atoms with E-state index in [-0.39, 0.29) is 11.8 Å². The molecule has 1 atom stereocenters. The molecule has 2 amide bonds. The molecule has 1 aromatic carbocycles. The molecule has 110 valence electrons. The van der Waals surface area contributed by atoms with Crippen molar-refractivity contribution in [3.8, 4) is 0 Å². The topological polar surface area (TPSA) is 84.2 Å². The molecule has 0 fully saturated rings. The van der Waals surface area contributed by atoms with Gasteiger partial charge in [0, 0.05) is 18.3 Å². The van der Waals surface area contributed by atoms with Crippen molar-refractivity contribution in [2.24, 2.45) is 5.73 Å². The number of carbonyl (C=O) groups excluding carboxylic acids is 2. The summed E-state index contributed by atoms with van der Waals surface area (Å²) >= 11 is 1.65. The van der Waals surface area contributed by atoms with Gasteiger partial charge in [0.1, 0.15) is 0 Å². The van der Waals surface area contributed by atoms with Crippen molar-refractivity contribution in [2.45, 2.75) is 19.4 Å². The predicted octanol–water partition coefficient (Wildman–Crippen LogP) is 1.37. The van der Waals surface area contributed by atoms with Crippen molar-refractivity contribution in [3.05, 3.63) is 29.3 Å². The Morgan fingerprint density at radius 3 is 2.70 bits per heavy atom. The van der Waals surface area contributed by atoms with Gasteiger partial charge in [-0.15, -0.1) is 0 Å². The summed E-state index contributed by atoms with van der Waals surface area (Å²) in [5.41, 5.74) is 7.84. The van der Waals surface area contributed by atoms with Crippen LogP contribution < -0.4 is 16.4 Å². The van der Waals surface area contributed by atoms with Gasteiger partial charge in [-0.25, -0.2) is 0 Å². The molecule has 0 aromatic heterocycles. The maximum Gasteiger partial charge on any atom is 0.251 e. The minimum absolute atomic E-state index is 0.188. The van der Waals surface area contributed by atoms with Gasteiger partial charge >= 0.3 is 0 Å². The van der Waals surface area contributed by atoms with E-state index >= 15 is 0 Å². The number of rotatable bonds is 6. The second kappa shape index (κ2) is 7.91. The average molecular weight is 295 g/mol. The van der Waals surface area contributed by atoms with E-state index < -0.39 is 6.04 Å². The van der Waals surface area contributed by atoms with Gasteiger partial charge in [-0.05, 0) is 43.0 Å². The summed E-state index contributed by atoms with van der Waals surface area (Å²) < 4.78 is 0. The zero-order chi connectivity index (χ0) is 15.1. The van der Waals surface area contributed by atoms with Crippen LogP contribution in [0.2, 0.25) is 0 Å². The average Bonchev–Trinajstić information content (AvgIpc) is 2.45. The van der Waals surface area contributed by atoms with Crippen molar-refractivity contribution < 1.29 is 9.59 Å². The molecular formula is C14H21N3O2S. The van der Waals surface area contributed by atoms with Crippen molar-refractivity contribution in [1.29, 1.82) is 0 Å². The number of carbonyl (C=O) groups is 2. The number of anilines is 1. The van der Waals surface area contributed by atoms with E-state index in [4.69, 9.17) is 5.73 Å². The first-order chi connectivity index (χ1) is 9.49. The number of amides is 2. The number of nitrogens with one attached hydrogen (secondary N) is 2. The normalized spacial score (nSPS) is 11.8. The summed E-state index contributed by atoms with van der Waals surface area (Å²) in [4.78, 5) is 23.6. The van der Waals surface area contributed by atoms with Crippen molar-refractivity contribution in [2.75, 3.05) is 24.4 Å². The molecule has 0 unspecified atom stereocenters. The molecule has 0 heterocycles. The van der Waals surface area contributed by atoms with Crippen molar-refractivity contribution >= 4 is 29.3 Å². The highest BCUT2D eigenvalue weighted by Crippen LogP contribution is 2.17. The molecule has 0 saturated carbocycles. The van der Waals surface area contributed by atoms with E-state index in [1.165, 1.54) is 0 Å². The van der Waals surface area contributed by atoms with E-state index in [0.29, 0.717) is 17.7 Å². The summed E-state index contributed by atoms with van der Waals surface area (Å²) in [7, 11) is 1.57. The Bertz CT molecular complexity index is 491. The van der Waals surface area contributed by atoms with E-state index in [9.17, 15) is 9.59 Å². The van der Waals surface area contributed by atoms with Gasteiger partial charge in [0.25, 0.3) is 5.91 Å². The minimum Gasteiger partial charge on any atom is -0.355 e. The molecule has 0 aliphatic heterocycles. The van der Waals surface area contributed by atoms with E-state index in [1.807, 2.05) is 13.2 Å². The maximum atomic E-state index is 12.0. The zero-order valence-electron chi connectivity index (χ0n) is 12.0. The fourth-order valence-electron chi connectivity index (χ4n) is 1.64. The van der Waals surface area contributed by atoms with Crippen molar-refractivity contribution in [3.63, 3.8) is 0 Å². The zero-order valence-corrected chi connectivity index (χ0v) is 12.8. The van der Waals surface area contributed by atoms with Gasteiger partial charge in [-0.1, -0.05) is 6.07 Å². The second-order valence-corrected chi connectivity index (χ2v) is 5.47. The fraction of sp³-hybridized carbons (Fsp3) is 0.429. The fourth-order valence-corrected chi connectivity index (χ4v) is 2.13. The third-order valence-corrected chi connectivity index (χ3v) is 3.60. The molecule has 0 spiro atoms. The summed E-state index contributed by atoms with van der Waals surface area (Å²) in [5, 5.41) is 5.34. The molecule has 0 saturated heterocycles. The van der Waals surface area contributed by atoms with Gasteiger partial charge in [-0.2, -0.15) is 11.8 Å². The first-order valence-electron chi connectivity index (χ1n) is 6.37. The Balaban J connectivity index is 2.80. The first kappa shape index (κ1) is 16.5. The van der Waals surface area contributed by atoms with Gasteiger partial charge in [0.15, 0.2) is 0 Å². The molecule has 1 aromatic rings. The maximum absolute atomic E-state index is 12.0. The minimum atomic E-state index is -0.537. The molecule has 0 bridgehead atoms. The van der Waals surface area contributed by atoms with Crippen molar-refractivity contribution in [1.82, 2.24) is 5.32 Å². The van der Waals surface area contributed by atoms with Crippen LogP contribution in [0.5, 0.6) is 0 Å². The summed E-state index contributed by atoms with van der Waals surface area (Å²) in [6.07, 6.45) is 2.60. The Hall–Kier alpha value is -1.53. The lowest BCUT2D eigenvalue weighted by Gasteiger charge is -2.14. The summed E-state index contributed by atoms with van der Waals surface area (Å²) in [6, 6.07) is 4.64. The summed E-state index contributed by atoms with van der Waals surface area (Å²) in [5.74, 6) is 0.426. The smallest absolute Gasteiger partial charge is 0.251 e. The van der Waals surface area contributed by atoms with Crippen LogP contribution in [0, 0.1) is 6.92 Å². The van der Waals surface area contributed by atoms with Gasteiger partial charge in [-0.3, -0.25) is 9.59 Å². The van der Waals surface area contributed by atoms with E-state index in [1.54, 1.807) is 37.0 Å². The molecule has 20 heavy (non-hydrogen) atoms. The molecule has 5 nitrogen and oxygen atoms in total. The van der Waals surface area contributed by atoms with Gasteiger partial charge in [0.05, 0.1) is 6.04 Å². The van der Waals surface area contributed by atoms with Crippen LogP contribution in [0.1, 0.15) is 22.3 Å². The molecule has 0 radical (unpaired) electrons. The van der Waals surface area contributed by atoms with Crippen LogP contribution in [0.25, 0.3) is 0 Å². The van der Waals surface area contributed by atoms with E-state index in [2.05, 4.69) is 10.6 Å². The molecular weight excluding hydrogens is 274 g/mol. The van der Waals surface area contributed by atoms with E-state index in [0.717, 1.165) is 11.3 Å². The van der Waals surface area contributed by atoms with Gasteiger partial charge in [0.2, 0.25) is 5.91 Å². The monoisotopic (exact) mass is 295 g/mol. The van der Waals surface area contributed by atoms with Crippen LogP contribution in [0.3, 0.4) is 0 Å². The SMILES string of the molecule is CNC(=O)c1ccc(C)c(NC(=O)[C@@H](N)CCSC)c1. The largest absolute Gasteiger partial charge is 0.355 e. The number of nitrogens with two attached hydrogens (primary N) is 1. The molecule has 4 N–H and O–H groups in total. The highest BCUT2D eigenvalue weighted by molar-refractivity contribution is 7.98. The Morgan fingerprint density at radius 2 is 2.10 bits per heavy atom. The first-order valence-corrected chi connectivity index (χ1v) is 7.77. The third kappa shape index (κ3) is 4.54. The highest BCUT2D eigenvalue weighted by atomic mass is 32.2. The molecule has 0 aliphatic carbocycles. The lowest BCUT2D eigenvalue weighted by Crippen LogP contribution is -2.36. The highest BCUT2D eigenvalue weighted by Gasteiger charge is 2.15. The number of hydrogen-bond donors (Lipinski definition) is 3. The Labute approximate surface area is 123 Å². The quantitative estimate of drug-likeness (QED) is 0.740. The van der Waals surface area contributed by atoms with Crippen LogP contribution in [-0.2, 0) is 4.79 Å². The van der Waals surface area contributed by atoms with Crippen LogP contribution in [0.4, 0.5) is 5.69 Å². The number of thioether (sulfide) groups is 1. The predicted molar refractivity (Wildman–Crippen MR) is 84.2 cm³/mol. The standard InChI is InChI=1S/C14H21N3O2S/c1-9-4-5-10(13(18)16-2)8-12(9)17-14(19)11(15)6-7-20-3/h4-5,8,11H,6-7,15H2,1-3H3,(H,16,18)(H,17,19)/t11-/m0/s1. The second-order valence-electron chi connectivity index (χ2n) is 4.49. The molecule has 0 aliphatic rings. The number of benzene rings is 1. The van der Waals surface area contributed by atoms with Crippen LogP contribution >= 0.6 is 11.8 Å². The van der Waals surface area contributed by atoms with Crippen LogP contribution in [-0.4, -0.2) is 36.9 Å². The number of aryl methyl sites for hydroxylation is 1. The van der Waals surface area contributed by atoms with Gasteiger partial charge < -0.3 is 16.4 Å². The molecule has 1 rings (SSSR count). The Morgan fingerprint density at radius 1 is 1.40 bits per heavy atom. The number of hydrogen-bond acceptors (Lipinski definition) is 4. The lowest BCUT2D eigenvalue weighted by atomic mass is 10.1.